The standard InChI is InChI=1S/C11H19N5OS/c1-3-17-11-15-9(12)14-10(16-11)13-7-5-4-6-8(7)18-2/h7-8H,3-6H2,1-2H3,(H3,12,13,14,15,16). The number of hydrogen-bond acceptors (Lipinski definition) is 7. The highest BCUT2D eigenvalue weighted by atomic mass is 32.2. The van der Waals surface area contributed by atoms with E-state index >= 15 is 0 Å². The van der Waals surface area contributed by atoms with Crippen LogP contribution >= 0.6 is 11.8 Å². The van der Waals surface area contributed by atoms with E-state index in [9.17, 15) is 0 Å². The Morgan fingerprint density at radius 3 is 2.94 bits per heavy atom. The van der Waals surface area contributed by atoms with Crippen molar-refractivity contribution in [3.63, 3.8) is 0 Å². The van der Waals surface area contributed by atoms with Gasteiger partial charge in [-0.25, -0.2) is 0 Å². The molecule has 0 saturated heterocycles. The number of nitrogen functional groups attached to an aromatic ring is 1. The highest BCUT2D eigenvalue weighted by Gasteiger charge is 2.27. The average molecular weight is 269 g/mol. The van der Waals surface area contributed by atoms with Crippen LogP contribution in [0, 0.1) is 0 Å². The molecule has 0 radical (unpaired) electrons. The van der Waals surface area contributed by atoms with Crippen molar-refractivity contribution in [2.45, 2.75) is 37.5 Å². The lowest BCUT2D eigenvalue weighted by Crippen LogP contribution is -2.27. The van der Waals surface area contributed by atoms with Gasteiger partial charge in [0, 0.05) is 11.3 Å². The van der Waals surface area contributed by atoms with Crippen LogP contribution in [0.4, 0.5) is 11.9 Å². The maximum atomic E-state index is 5.64. The molecule has 1 saturated carbocycles. The number of aromatic nitrogens is 3. The van der Waals surface area contributed by atoms with E-state index in [2.05, 4.69) is 26.5 Å². The lowest BCUT2D eigenvalue weighted by molar-refractivity contribution is 0.312. The van der Waals surface area contributed by atoms with Crippen LogP contribution in [0.3, 0.4) is 0 Å². The Morgan fingerprint density at radius 1 is 1.39 bits per heavy atom. The van der Waals surface area contributed by atoms with Gasteiger partial charge in [-0.2, -0.15) is 26.7 Å². The normalized spacial score (nSPS) is 23.0. The summed E-state index contributed by atoms with van der Waals surface area (Å²) in [6, 6.07) is 0.683. The molecule has 0 spiro atoms. The van der Waals surface area contributed by atoms with Crippen LogP contribution in [0.15, 0.2) is 0 Å². The van der Waals surface area contributed by atoms with Crippen LogP contribution in [0.2, 0.25) is 0 Å². The smallest absolute Gasteiger partial charge is 0.323 e. The van der Waals surface area contributed by atoms with Crippen molar-refractivity contribution in [1.29, 1.82) is 0 Å². The van der Waals surface area contributed by atoms with Crippen LogP contribution in [0.25, 0.3) is 0 Å². The Hall–Kier alpha value is -1.24. The molecule has 2 unspecified atom stereocenters. The second kappa shape index (κ2) is 6.08. The molecule has 18 heavy (non-hydrogen) atoms. The van der Waals surface area contributed by atoms with E-state index in [4.69, 9.17) is 10.5 Å². The molecule has 1 aliphatic carbocycles. The van der Waals surface area contributed by atoms with E-state index < -0.39 is 0 Å². The van der Waals surface area contributed by atoms with Gasteiger partial charge in [0.2, 0.25) is 11.9 Å². The number of thioether (sulfide) groups is 1. The van der Waals surface area contributed by atoms with Gasteiger partial charge in [-0.15, -0.1) is 0 Å². The number of nitrogens with one attached hydrogen (secondary N) is 1. The molecule has 6 nitrogen and oxygen atoms in total. The first kappa shape index (κ1) is 13.2. The Morgan fingerprint density at radius 2 is 2.22 bits per heavy atom. The van der Waals surface area contributed by atoms with Crippen LogP contribution < -0.4 is 15.8 Å². The minimum atomic E-state index is 0.189. The molecule has 3 N–H and O–H groups in total. The van der Waals surface area contributed by atoms with Crippen molar-refractivity contribution >= 4 is 23.7 Å². The van der Waals surface area contributed by atoms with Gasteiger partial charge in [0.25, 0.3) is 0 Å². The Kier molecular flexibility index (Phi) is 4.46. The highest BCUT2D eigenvalue weighted by Crippen LogP contribution is 2.30. The number of ether oxygens (including phenoxy) is 1. The summed E-state index contributed by atoms with van der Waals surface area (Å²) >= 11 is 1.88. The lowest BCUT2D eigenvalue weighted by atomic mass is 10.2. The second-order valence-electron chi connectivity index (χ2n) is 4.19. The summed E-state index contributed by atoms with van der Waals surface area (Å²) in [4.78, 5) is 12.2. The molecule has 1 aromatic heterocycles. The van der Waals surface area contributed by atoms with E-state index in [-0.39, 0.29) is 12.0 Å². The number of hydrogen-bond donors (Lipinski definition) is 2. The fourth-order valence-electron chi connectivity index (χ4n) is 2.17. The first-order chi connectivity index (χ1) is 8.72. The Labute approximate surface area is 111 Å². The Balaban J connectivity index is 2.08. The summed E-state index contributed by atoms with van der Waals surface area (Å²) in [5.74, 6) is 0.701. The zero-order chi connectivity index (χ0) is 13.0. The molecule has 2 rings (SSSR count). The maximum Gasteiger partial charge on any atom is 0.323 e. The summed E-state index contributed by atoms with van der Waals surface area (Å²) in [6.07, 6.45) is 5.75. The van der Waals surface area contributed by atoms with E-state index in [0.717, 1.165) is 6.42 Å². The van der Waals surface area contributed by atoms with Crippen molar-refractivity contribution in [3.8, 4) is 6.01 Å². The molecule has 1 heterocycles. The van der Waals surface area contributed by atoms with Crippen molar-refractivity contribution in [1.82, 2.24) is 15.0 Å². The van der Waals surface area contributed by atoms with Crippen LogP contribution in [0.1, 0.15) is 26.2 Å². The zero-order valence-corrected chi connectivity index (χ0v) is 11.5. The molecule has 1 fully saturated rings. The number of nitrogens with zero attached hydrogens (tertiary/aromatic N) is 3. The molecule has 0 aliphatic heterocycles. The second-order valence-corrected chi connectivity index (χ2v) is 5.27. The van der Waals surface area contributed by atoms with Crippen LogP contribution in [-0.2, 0) is 0 Å². The molecule has 1 aromatic rings. The van der Waals surface area contributed by atoms with Crippen molar-refractivity contribution in [3.05, 3.63) is 0 Å². The van der Waals surface area contributed by atoms with Crippen molar-refractivity contribution < 1.29 is 4.74 Å². The SMILES string of the molecule is CCOc1nc(N)nc(NC2CCCC2SC)n1. The molecule has 0 aromatic carbocycles. The average Bonchev–Trinajstić information content (AvgIpc) is 2.76. The monoisotopic (exact) mass is 269 g/mol. The molecule has 2 atom stereocenters. The van der Waals surface area contributed by atoms with Gasteiger partial charge in [0.15, 0.2) is 0 Å². The first-order valence-electron chi connectivity index (χ1n) is 6.16. The summed E-state index contributed by atoms with van der Waals surface area (Å²) in [7, 11) is 0. The van der Waals surface area contributed by atoms with Crippen LogP contribution in [0.5, 0.6) is 6.01 Å². The van der Waals surface area contributed by atoms with Gasteiger partial charge in [0.1, 0.15) is 0 Å². The third-order valence-electron chi connectivity index (χ3n) is 2.98. The topological polar surface area (TPSA) is 86.0 Å². The van der Waals surface area contributed by atoms with E-state index in [0.29, 0.717) is 23.8 Å². The predicted molar refractivity (Wildman–Crippen MR) is 74.0 cm³/mol. The fourth-order valence-corrected chi connectivity index (χ4v) is 3.10. The zero-order valence-electron chi connectivity index (χ0n) is 10.7. The van der Waals surface area contributed by atoms with E-state index in [1.165, 1.54) is 12.8 Å². The molecule has 0 bridgehead atoms. The molecule has 7 heteroatoms. The third-order valence-corrected chi connectivity index (χ3v) is 4.15. The van der Waals surface area contributed by atoms with Gasteiger partial charge >= 0.3 is 6.01 Å². The molecular weight excluding hydrogens is 250 g/mol. The lowest BCUT2D eigenvalue weighted by Gasteiger charge is -2.19. The van der Waals surface area contributed by atoms with Gasteiger partial charge in [-0.05, 0) is 26.0 Å². The largest absolute Gasteiger partial charge is 0.464 e. The number of rotatable bonds is 5. The third kappa shape index (κ3) is 3.16. The van der Waals surface area contributed by atoms with Crippen molar-refractivity contribution in [2.24, 2.45) is 0 Å². The Bertz CT molecular complexity index is 403. The highest BCUT2D eigenvalue weighted by molar-refractivity contribution is 7.99. The summed E-state index contributed by atoms with van der Waals surface area (Å²) in [5.41, 5.74) is 5.64. The van der Waals surface area contributed by atoms with Gasteiger partial charge in [-0.3, -0.25) is 0 Å². The van der Waals surface area contributed by atoms with E-state index in [1.807, 2.05) is 18.7 Å². The van der Waals surface area contributed by atoms with Crippen molar-refractivity contribution in [2.75, 3.05) is 23.9 Å². The number of anilines is 2. The fraction of sp³-hybridized carbons (Fsp3) is 0.727. The first-order valence-corrected chi connectivity index (χ1v) is 7.45. The van der Waals surface area contributed by atoms with Gasteiger partial charge in [0.05, 0.1) is 6.61 Å². The van der Waals surface area contributed by atoms with Gasteiger partial charge in [-0.1, -0.05) is 6.42 Å². The molecule has 0 amide bonds. The minimum Gasteiger partial charge on any atom is -0.464 e. The molecule has 100 valence electrons. The number of nitrogens with two attached hydrogens (primary N) is 1. The maximum absolute atomic E-state index is 5.64. The van der Waals surface area contributed by atoms with E-state index in [1.54, 1.807) is 0 Å². The summed E-state index contributed by atoms with van der Waals surface area (Å²) < 4.78 is 5.26. The van der Waals surface area contributed by atoms with Crippen LogP contribution in [-0.4, -0.2) is 39.1 Å². The summed E-state index contributed by atoms with van der Waals surface area (Å²) in [6.45, 7) is 2.40. The predicted octanol–water partition coefficient (Wildman–Crippen LogP) is 1.55. The quantitative estimate of drug-likeness (QED) is 0.838. The minimum absolute atomic E-state index is 0.189. The summed E-state index contributed by atoms with van der Waals surface area (Å²) in [5, 5.41) is 3.95. The molecule has 1 aliphatic rings. The van der Waals surface area contributed by atoms with Gasteiger partial charge < -0.3 is 15.8 Å². The molecular formula is C11H19N5OS.